The van der Waals surface area contributed by atoms with Crippen molar-refractivity contribution in [2.75, 3.05) is 5.32 Å². The van der Waals surface area contributed by atoms with Crippen molar-refractivity contribution in [3.63, 3.8) is 0 Å². The van der Waals surface area contributed by atoms with Gasteiger partial charge in [-0.1, -0.05) is 61.6 Å². The molecule has 0 fully saturated rings. The molecule has 1 aromatic heterocycles. The first-order chi connectivity index (χ1) is 11.0. The molecule has 2 rings (SSSR count). The van der Waals surface area contributed by atoms with Crippen molar-refractivity contribution >= 4 is 34.1 Å². The van der Waals surface area contributed by atoms with E-state index in [1.807, 2.05) is 38.1 Å². The highest BCUT2D eigenvalue weighted by Crippen LogP contribution is 2.28. The van der Waals surface area contributed by atoms with E-state index in [0.29, 0.717) is 22.6 Å². The standard InChI is InChI=1S/C16H21N3O2S2/c1-5-13(21-12-8-6-11(4)7-9-12)14(20)17-15-18-19-16(23-15)22-10(2)3/h6-10,13H,5H2,1-4H3,(H,17,18,20). The smallest absolute Gasteiger partial charge is 0.267 e. The van der Waals surface area contributed by atoms with Gasteiger partial charge in [-0.25, -0.2) is 0 Å². The molecule has 1 unspecified atom stereocenters. The van der Waals surface area contributed by atoms with E-state index in [4.69, 9.17) is 4.74 Å². The number of aryl methyl sites for hydroxylation is 1. The predicted molar refractivity (Wildman–Crippen MR) is 95.4 cm³/mol. The fourth-order valence-electron chi connectivity index (χ4n) is 1.80. The molecular formula is C16H21N3O2S2. The first-order valence-electron chi connectivity index (χ1n) is 7.52. The van der Waals surface area contributed by atoms with E-state index in [-0.39, 0.29) is 5.91 Å². The Hall–Kier alpha value is -1.60. The van der Waals surface area contributed by atoms with Crippen molar-refractivity contribution in [2.45, 2.75) is 49.8 Å². The molecule has 0 aliphatic carbocycles. The van der Waals surface area contributed by atoms with Crippen molar-refractivity contribution in [3.8, 4) is 5.75 Å². The highest BCUT2D eigenvalue weighted by atomic mass is 32.2. The van der Waals surface area contributed by atoms with Gasteiger partial charge in [0, 0.05) is 5.25 Å². The van der Waals surface area contributed by atoms with Gasteiger partial charge in [0.25, 0.3) is 5.91 Å². The Balaban J connectivity index is 1.96. The van der Waals surface area contributed by atoms with Gasteiger partial charge in [0.1, 0.15) is 5.75 Å². The van der Waals surface area contributed by atoms with Crippen LogP contribution in [0.15, 0.2) is 28.6 Å². The summed E-state index contributed by atoms with van der Waals surface area (Å²) in [6.07, 6.45) is 0.0226. The van der Waals surface area contributed by atoms with Crippen LogP contribution >= 0.6 is 23.1 Å². The predicted octanol–water partition coefficient (Wildman–Crippen LogP) is 4.14. The third-order valence-corrected chi connectivity index (χ3v) is 4.86. The Morgan fingerprint density at radius 1 is 1.30 bits per heavy atom. The van der Waals surface area contributed by atoms with Crippen LogP contribution in [0.5, 0.6) is 5.75 Å². The first-order valence-corrected chi connectivity index (χ1v) is 9.22. The van der Waals surface area contributed by atoms with E-state index in [9.17, 15) is 4.79 Å². The van der Waals surface area contributed by atoms with Gasteiger partial charge >= 0.3 is 0 Å². The molecule has 1 amide bonds. The number of anilines is 1. The van der Waals surface area contributed by atoms with Crippen molar-refractivity contribution in [2.24, 2.45) is 0 Å². The van der Waals surface area contributed by atoms with Crippen LogP contribution in [0.3, 0.4) is 0 Å². The number of hydrogen-bond donors (Lipinski definition) is 1. The minimum absolute atomic E-state index is 0.203. The SMILES string of the molecule is CCC(Oc1ccc(C)cc1)C(=O)Nc1nnc(SC(C)C)s1. The van der Waals surface area contributed by atoms with Gasteiger partial charge < -0.3 is 4.74 Å². The third kappa shape index (κ3) is 5.51. The van der Waals surface area contributed by atoms with Crippen LogP contribution in [-0.4, -0.2) is 27.5 Å². The van der Waals surface area contributed by atoms with Crippen LogP contribution < -0.4 is 10.1 Å². The zero-order valence-electron chi connectivity index (χ0n) is 13.7. The Kier molecular flexibility index (Phi) is 6.41. The second-order valence-corrected chi connectivity index (χ2v) is 8.16. The molecule has 5 nitrogen and oxygen atoms in total. The second-order valence-electron chi connectivity index (χ2n) is 5.36. The highest BCUT2D eigenvalue weighted by Gasteiger charge is 2.20. The lowest BCUT2D eigenvalue weighted by molar-refractivity contribution is -0.122. The summed E-state index contributed by atoms with van der Waals surface area (Å²) in [6, 6.07) is 7.65. The molecule has 0 saturated carbocycles. The number of hydrogen-bond acceptors (Lipinski definition) is 6. The lowest BCUT2D eigenvalue weighted by Crippen LogP contribution is -2.32. The molecule has 0 spiro atoms. The van der Waals surface area contributed by atoms with Gasteiger partial charge in [0.05, 0.1) is 0 Å². The summed E-state index contributed by atoms with van der Waals surface area (Å²) >= 11 is 3.01. The number of carbonyl (C=O) groups excluding carboxylic acids is 1. The van der Waals surface area contributed by atoms with Crippen molar-refractivity contribution in [1.82, 2.24) is 10.2 Å². The summed E-state index contributed by atoms with van der Waals surface area (Å²) in [4.78, 5) is 12.3. The monoisotopic (exact) mass is 351 g/mol. The Morgan fingerprint density at radius 2 is 2.00 bits per heavy atom. The minimum Gasteiger partial charge on any atom is -0.481 e. The molecule has 1 heterocycles. The van der Waals surface area contributed by atoms with Crippen LogP contribution in [-0.2, 0) is 4.79 Å². The van der Waals surface area contributed by atoms with Crippen molar-refractivity contribution in [3.05, 3.63) is 29.8 Å². The zero-order chi connectivity index (χ0) is 16.8. The Labute approximate surface area is 144 Å². The average molecular weight is 351 g/mol. The average Bonchev–Trinajstić information content (AvgIpc) is 2.92. The number of thioether (sulfide) groups is 1. The maximum Gasteiger partial charge on any atom is 0.267 e. The fourth-order valence-corrected chi connectivity index (χ4v) is 3.78. The third-order valence-electron chi connectivity index (χ3n) is 2.94. The van der Waals surface area contributed by atoms with Gasteiger partial charge in [-0.15, -0.1) is 10.2 Å². The van der Waals surface area contributed by atoms with Gasteiger partial charge in [0.15, 0.2) is 10.4 Å². The quantitative estimate of drug-likeness (QED) is 0.600. The summed E-state index contributed by atoms with van der Waals surface area (Å²) in [7, 11) is 0. The Morgan fingerprint density at radius 3 is 2.61 bits per heavy atom. The topological polar surface area (TPSA) is 64.1 Å². The molecule has 7 heteroatoms. The van der Waals surface area contributed by atoms with Gasteiger partial charge in [-0.3, -0.25) is 10.1 Å². The molecule has 0 aliphatic heterocycles. The molecule has 1 atom stereocenters. The number of nitrogens with zero attached hydrogens (tertiary/aromatic N) is 2. The molecule has 1 aromatic carbocycles. The normalized spacial score (nSPS) is 12.2. The van der Waals surface area contributed by atoms with Gasteiger partial charge in [-0.05, 0) is 25.5 Å². The van der Waals surface area contributed by atoms with Gasteiger partial charge in [-0.2, -0.15) is 0 Å². The van der Waals surface area contributed by atoms with Crippen molar-refractivity contribution in [1.29, 1.82) is 0 Å². The second kappa shape index (κ2) is 8.31. The number of rotatable bonds is 7. The maximum atomic E-state index is 12.3. The van der Waals surface area contributed by atoms with Crippen LogP contribution in [0, 0.1) is 6.92 Å². The van der Waals surface area contributed by atoms with E-state index in [0.717, 1.165) is 9.90 Å². The van der Waals surface area contributed by atoms with Crippen LogP contribution in [0.4, 0.5) is 5.13 Å². The summed E-state index contributed by atoms with van der Waals surface area (Å²) in [5.41, 5.74) is 1.15. The number of nitrogens with one attached hydrogen (secondary N) is 1. The molecule has 0 radical (unpaired) electrons. The zero-order valence-corrected chi connectivity index (χ0v) is 15.3. The summed E-state index contributed by atoms with van der Waals surface area (Å²) in [5, 5.41) is 11.8. The number of carbonyl (C=O) groups is 1. The van der Waals surface area contributed by atoms with Crippen LogP contribution in [0.25, 0.3) is 0 Å². The molecule has 1 N–H and O–H groups in total. The van der Waals surface area contributed by atoms with Gasteiger partial charge in [0.2, 0.25) is 5.13 Å². The largest absolute Gasteiger partial charge is 0.481 e. The number of benzene rings is 1. The minimum atomic E-state index is -0.553. The molecule has 124 valence electrons. The first kappa shape index (κ1) is 17.7. The molecule has 0 aliphatic rings. The molecule has 23 heavy (non-hydrogen) atoms. The van der Waals surface area contributed by atoms with E-state index in [1.54, 1.807) is 11.8 Å². The molecule has 0 bridgehead atoms. The van der Waals surface area contributed by atoms with Crippen molar-refractivity contribution < 1.29 is 9.53 Å². The number of aromatic nitrogens is 2. The summed E-state index contributed by atoms with van der Waals surface area (Å²) in [5.74, 6) is 0.483. The molecule has 0 saturated heterocycles. The van der Waals surface area contributed by atoms with E-state index in [1.165, 1.54) is 11.3 Å². The van der Waals surface area contributed by atoms with E-state index in [2.05, 4.69) is 29.4 Å². The van der Waals surface area contributed by atoms with E-state index >= 15 is 0 Å². The summed E-state index contributed by atoms with van der Waals surface area (Å²) in [6.45, 7) is 8.11. The molecular weight excluding hydrogens is 330 g/mol. The Bertz CT molecular complexity index is 641. The van der Waals surface area contributed by atoms with E-state index < -0.39 is 6.10 Å². The van der Waals surface area contributed by atoms with Crippen LogP contribution in [0.1, 0.15) is 32.8 Å². The summed E-state index contributed by atoms with van der Waals surface area (Å²) < 4.78 is 6.61. The molecule has 2 aromatic rings. The highest BCUT2D eigenvalue weighted by molar-refractivity contribution is 8.01. The number of ether oxygens (including phenoxy) is 1. The maximum absolute atomic E-state index is 12.3. The lowest BCUT2D eigenvalue weighted by Gasteiger charge is -2.16. The lowest BCUT2D eigenvalue weighted by atomic mass is 10.2. The van der Waals surface area contributed by atoms with Crippen LogP contribution in [0.2, 0.25) is 0 Å². The fraction of sp³-hybridized carbons (Fsp3) is 0.438. The number of amides is 1.